The van der Waals surface area contributed by atoms with Crippen LogP contribution in [-0.4, -0.2) is 63.4 Å². The van der Waals surface area contributed by atoms with E-state index in [-0.39, 0.29) is 18.2 Å². The quantitative estimate of drug-likeness (QED) is 0.770. The van der Waals surface area contributed by atoms with Crippen LogP contribution in [0.1, 0.15) is 51.0 Å². The van der Waals surface area contributed by atoms with Gasteiger partial charge in [0.05, 0.1) is 11.6 Å². The van der Waals surface area contributed by atoms with Gasteiger partial charge < -0.3 is 19.6 Å². The Hall–Kier alpha value is -2.67. The minimum atomic E-state index is -0.822. The number of carbonyl (C=O) groups is 1. The average molecular weight is 441 g/mol. The lowest BCUT2D eigenvalue weighted by Gasteiger charge is -2.42. The summed E-state index contributed by atoms with van der Waals surface area (Å²) < 4.78 is 5.59. The second-order valence-electron chi connectivity index (χ2n) is 9.32. The van der Waals surface area contributed by atoms with Crippen LogP contribution in [0.15, 0.2) is 42.5 Å². The lowest BCUT2D eigenvalue weighted by atomic mass is 9.97. The van der Waals surface area contributed by atoms with Crippen LogP contribution in [-0.2, 0) is 4.74 Å². The van der Waals surface area contributed by atoms with Gasteiger partial charge in [0.2, 0.25) is 0 Å². The van der Waals surface area contributed by atoms with E-state index in [0.29, 0.717) is 13.0 Å². The fraction of sp³-hybridized carbons (Fsp3) is 0.560. The van der Waals surface area contributed by atoms with Crippen molar-refractivity contribution in [2.45, 2.75) is 71.1 Å². The zero-order chi connectivity index (χ0) is 23.1. The summed E-state index contributed by atoms with van der Waals surface area (Å²) in [6.45, 7) is 9.76. The predicted octanol–water partition coefficient (Wildman–Crippen LogP) is 4.12. The first-order chi connectivity index (χ1) is 15.2. The Morgan fingerprint density at radius 2 is 1.72 bits per heavy atom. The van der Waals surface area contributed by atoms with Gasteiger partial charge in [-0.05, 0) is 40.5 Å². The standard InChI is InChI=1S/C19H30N4O3.C6H6/c1-13-10-17(21-14(2)20-13)22-8-5-6-15(12-22)23-9-7-16(26-18(23)24)11-19(3,4)25;1-2-4-6-5-3-1/h10,15-16,25H,5-9,11-12H2,1-4H3;1-6H. The molecular weight excluding hydrogens is 404 g/mol. The van der Waals surface area contributed by atoms with Crippen molar-refractivity contribution in [2.24, 2.45) is 0 Å². The molecule has 0 aliphatic carbocycles. The second-order valence-corrected chi connectivity index (χ2v) is 9.32. The first kappa shape index (κ1) is 24.0. The molecule has 1 amide bonds. The van der Waals surface area contributed by atoms with Crippen LogP contribution in [0.3, 0.4) is 0 Å². The molecule has 7 nitrogen and oxygen atoms in total. The zero-order valence-corrected chi connectivity index (χ0v) is 19.7. The summed E-state index contributed by atoms with van der Waals surface area (Å²) in [7, 11) is 0. The monoisotopic (exact) mass is 440 g/mol. The summed E-state index contributed by atoms with van der Waals surface area (Å²) in [6, 6.07) is 14.1. The summed E-state index contributed by atoms with van der Waals surface area (Å²) in [5.41, 5.74) is 0.138. The van der Waals surface area contributed by atoms with Crippen molar-refractivity contribution < 1.29 is 14.6 Å². The molecule has 2 aliphatic heterocycles. The lowest BCUT2D eigenvalue weighted by molar-refractivity contribution is -0.0327. The minimum absolute atomic E-state index is 0.134. The fourth-order valence-electron chi connectivity index (χ4n) is 4.34. The van der Waals surface area contributed by atoms with Gasteiger partial charge in [0.25, 0.3) is 0 Å². The van der Waals surface area contributed by atoms with Crippen molar-refractivity contribution in [2.75, 3.05) is 24.5 Å². The first-order valence-electron chi connectivity index (χ1n) is 11.5. The molecule has 7 heteroatoms. The molecule has 3 heterocycles. The highest BCUT2D eigenvalue weighted by molar-refractivity contribution is 5.69. The Morgan fingerprint density at radius 3 is 2.28 bits per heavy atom. The van der Waals surface area contributed by atoms with Gasteiger partial charge in [-0.1, -0.05) is 36.4 Å². The Balaban J connectivity index is 0.000000416. The van der Waals surface area contributed by atoms with Crippen molar-refractivity contribution in [1.29, 1.82) is 0 Å². The summed E-state index contributed by atoms with van der Waals surface area (Å²) in [4.78, 5) is 25.5. The maximum absolute atomic E-state index is 12.5. The number of benzene rings is 1. The molecule has 0 spiro atoms. The number of hydrogen-bond donors (Lipinski definition) is 1. The number of anilines is 1. The van der Waals surface area contributed by atoms with Crippen LogP contribution in [0.2, 0.25) is 0 Å². The molecule has 2 aliphatic rings. The molecule has 2 aromatic rings. The Kier molecular flexibility index (Phi) is 8.07. The second kappa shape index (κ2) is 10.8. The predicted molar refractivity (Wildman–Crippen MR) is 126 cm³/mol. The topological polar surface area (TPSA) is 78.8 Å². The summed E-state index contributed by atoms with van der Waals surface area (Å²) in [5.74, 6) is 1.71. The molecule has 1 aromatic heterocycles. The molecule has 1 aromatic carbocycles. The number of nitrogens with zero attached hydrogens (tertiary/aromatic N) is 4. The molecule has 2 saturated heterocycles. The van der Waals surface area contributed by atoms with Gasteiger partial charge in [0.15, 0.2) is 0 Å². The van der Waals surface area contributed by atoms with E-state index in [1.165, 1.54) is 0 Å². The number of ether oxygens (including phenoxy) is 1. The number of carbonyl (C=O) groups excluding carboxylic acids is 1. The van der Waals surface area contributed by atoms with E-state index in [4.69, 9.17) is 4.74 Å². The third-order valence-electron chi connectivity index (χ3n) is 5.70. The van der Waals surface area contributed by atoms with Crippen LogP contribution < -0.4 is 4.90 Å². The molecule has 32 heavy (non-hydrogen) atoms. The Morgan fingerprint density at radius 1 is 1.06 bits per heavy atom. The number of aromatic nitrogens is 2. The molecular formula is C25H36N4O3. The number of hydrogen-bond acceptors (Lipinski definition) is 6. The van der Waals surface area contributed by atoms with Gasteiger partial charge in [-0.15, -0.1) is 0 Å². The van der Waals surface area contributed by atoms with Crippen LogP contribution in [0, 0.1) is 13.8 Å². The number of aliphatic hydroxyl groups is 1. The van der Waals surface area contributed by atoms with Crippen LogP contribution in [0.5, 0.6) is 0 Å². The fourth-order valence-corrected chi connectivity index (χ4v) is 4.34. The van der Waals surface area contributed by atoms with E-state index in [2.05, 4.69) is 14.9 Å². The number of cyclic esters (lactones) is 1. The number of piperidine rings is 1. The molecule has 174 valence electrons. The number of amides is 1. The van der Waals surface area contributed by atoms with Gasteiger partial charge in [-0.25, -0.2) is 14.8 Å². The zero-order valence-electron chi connectivity index (χ0n) is 19.7. The maximum Gasteiger partial charge on any atom is 0.410 e. The maximum atomic E-state index is 12.5. The van der Waals surface area contributed by atoms with E-state index >= 15 is 0 Å². The van der Waals surface area contributed by atoms with E-state index in [0.717, 1.165) is 49.7 Å². The van der Waals surface area contributed by atoms with Crippen molar-refractivity contribution in [1.82, 2.24) is 14.9 Å². The summed E-state index contributed by atoms with van der Waals surface area (Å²) >= 11 is 0. The molecule has 2 fully saturated rings. The average Bonchev–Trinajstić information content (AvgIpc) is 2.74. The van der Waals surface area contributed by atoms with Crippen molar-refractivity contribution >= 4 is 11.9 Å². The third kappa shape index (κ3) is 7.19. The first-order valence-corrected chi connectivity index (χ1v) is 11.5. The van der Waals surface area contributed by atoms with Crippen LogP contribution >= 0.6 is 0 Å². The van der Waals surface area contributed by atoms with Crippen molar-refractivity contribution in [3.8, 4) is 0 Å². The smallest absolute Gasteiger partial charge is 0.410 e. The molecule has 0 radical (unpaired) electrons. The van der Waals surface area contributed by atoms with Gasteiger partial charge in [0, 0.05) is 44.2 Å². The number of aryl methyl sites for hydroxylation is 2. The van der Waals surface area contributed by atoms with Crippen LogP contribution in [0.4, 0.5) is 10.6 Å². The highest BCUT2D eigenvalue weighted by Crippen LogP contribution is 2.27. The molecule has 0 saturated carbocycles. The Bertz CT molecular complexity index is 822. The number of rotatable bonds is 4. The van der Waals surface area contributed by atoms with Crippen molar-refractivity contribution in [3.63, 3.8) is 0 Å². The van der Waals surface area contributed by atoms with Gasteiger partial charge in [-0.2, -0.15) is 0 Å². The van der Waals surface area contributed by atoms with E-state index < -0.39 is 5.60 Å². The SMILES string of the molecule is Cc1cc(N2CCCC(N3CCC(CC(C)(C)O)OC3=O)C2)nc(C)n1.c1ccccc1. The minimum Gasteiger partial charge on any atom is -0.446 e. The molecule has 2 unspecified atom stereocenters. The van der Waals surface area contributed by atoms with Gasteiger partial charge >= 0.3 is 6.09 Å². The molecule has 1 N–H and O–H groups in total. The van der Waals surface area contributed by atoms with Gasteiger partial charge in [-0.3, -0.25) is 0 Å². The molecule has 0 bridgehead atoms. The van der Waals surface area contributed by atoms with E-state index in [1.54, 1.807) is 13.8 Å². The summed E-state index contributed by atoms with van der Waals surface area (Å²) in [6.07, 6.45) is 2.77. The van der Waals surface area contributed by atoms with E-state index in [1.807, 2.05) is 61.2 Å². The van der Waals surface area contributed by atoms with Crippen molar-refractivity contribution in [3.05, 3.63) is 54.0 Å². The highest BCUT2D eigenvalue weighted by Gasteiger charge is 2.36. The van der Waals surface area contributed by atoms with E-state index in [9.17, 15) is 9.90 Å². The van der Waals surface area contributed by atoms with Crippen LogP contribution in [0.25, 0.3) is 0 Å². The normalized spacial score (nSPS) is 21.5. The largest absolute Gasteiger partial charge is 0.446 e. The Labute approximate surface area is 191 Å². The lowest BCUT2D eigenvalue weighted by Crippen LogP contribution is -2.54. The molecule has 4 rings (SSSR count). The van der Waals surface area contributed by atoms with Gasteiger partial charge in [0.1, 0.15) is 17.7 Å². The molecule has 2 atom stereocenters. The third-order valence-corrected chi connectivity index (χ3v) is 5.70. The highest BCUT2D eigenvalue weighted by atomic mass is 16.6. The summed E-state index contributed by atoms with van der Waals surface area (Å²) in [5, 5.41) is 9.95.